The third-order valence-electron chi connectivity index (χ3n) is 3.38. The predicted molar refractivity (Wildman–Crippen MR) is 54.4 cm³/mol. The zero-order valence-electron chi connectivity index (χ0n) is 8.38. The zero-order chi connectivity index (χ0) is 9.26. The Balaban J connectivity index is 1.75. The smallest absolute Gasteiger partial charge is 0.0359 e. The summed E-state index contributed by atoms with van der Waals surface area (Å²) in [5, 5.41) is 3.57. The highest BCUT2D eigenvalue weighted by Crippen LogP contribution is 2.33. The number of aromatic nitrogens is 1. The number of aromatic amines is 1. The summed E-state index contributed by atoms with van der Waals surface area (Å²) in [7, 11) is 0. The molecule has 1 saturated carbocycles. The van der Waals surface area contributed by atoms with Gasteiger partial charge in [-0.1, -0.05) is 13.8 Å². The Morgan fingerprint density at radius 1 is 1.54 bits per heavy atom. The maximum atomic E-state index is 3.57. The van der Waals surface area contributed by atoms with Crippen LogP contribution < -0.4 is 5.32 Å². The number of hydrogen-bond acceptors (Lipinski definition) is 1. The summed E-state index contributed by atoms with van der Waals surface area (Å²) in [5.41, 5.74) is 1.28. The van der Waals surface area contributed by atoms with Gasteiger partial charge >= 0.3 is 0 Å². The first-order chi connectivity index (χ1) is 6.27. The van der Waals surface area contributed by atoms with E-state index in [2.05, 4.69) is 30.2 Å². The van der Waals surface area contributed by atoms with Crippen LogP contribution in [0.5, 0.6) is 0 Å². The molecule has 1 aliphatic rings. The van der Waals surface area contributed by atoms with Crippen molar-refractivity contribution in [2.24, 2.45) is 11.8 Å². The lowest BCUT2D eigenvalue weighted by Crippen LogP contribution is -2.47. The standard InChI is InChI=1S/C11H18N2/c1-8-6-11(9(8)2)13-7-10-4-3-5-12-10/h3-5,8-9,11-13H,6-7H2,1-2H3. The first-order valence-corrected chi connectivity index (χ1v) is 5.13. The van der Waals surface area contributed by atoms with E-state index in [9.17, 15) is 0 Å². The van der Waals surface area contributed by atoms with Crippen LogP contribution in [-0.4, -0.2) is 11.0 Å². The summed E-state index contributed by atoms with van der Waals surface area (Å²) >= 11 is 0. The molecule has 1 heterocycles. The molecule has 1 aromatic heterocycles. The van der Waals surface area contributed by atoms with Gasteiger partial charge in [0.15, 0.2) is 0 Å². The van der Waals surface area contributed by atoms with Crippen LogP contribution in [0, 0.1) is 11.8 Å². The van der Waals surface area contributed by atoms with E-state index in [-0.39, 0.29) is 0 Å². The first-order valence-electron chi connectivity index (χ1n) is 5.13. The van der Waals surface area contributed by atoms with Crippen molar-refractivity contribution in [3.8, 4) is 0 Å². The Morgan fingerprint density at radius 3 is 2.92 bits per heavy atom. The van der Waals surface area contributed by atoms with Crippen molar-refractivity contribution in [2.75, 3.05) is 0 Å². The maximum absolute atomic E-state index is 3.57. The largest absolute Gasteiger partial charge is 0.364 e. The topological polar surface area (TPSA) is 27.8 Å². The molecule has 1 aromatic rings. The maximum Gasteiger partial charge on any atom is 0.0359 e. The van der Waals surface area contributed by atoms with Crippen LogP contribution >= 0.6 is 0 Å². The molecule has 2 N–H and O–H groups in total. The number of hydrogen-bond donors (Lipinski definition) is 2. The zero-order valence-corrected chi connectivity index (χ0v) is 8.38. The molecule has 1 aliphatic carbocycles. The minimum absolute atomic E-state index is 0.735. The minimum atomic E-state index is 0.735. The second-order valence-electron chi connectivity index (χ2n) is 4.25. The van der Waals surface area contributed by atoms with Crippen molar-refractivity contribution in [1.29, 1.82) is 0 Å². The van der Waals surface area contributed by atoms with Gasteiger partial charge in [-0.15, -0.1) is 0 Å². The van der Waals surface area contributed by atoms with Gasteiger partial charge in [-0.3, -0.25) is 0 Å². The van der Waals surface area contributed by atoms with Crippen LogP contribution in [0.1, 0.15) is 26.0 Å². The van der Waals surface area contributed by atoms with Crippen LogP contribution in [0.4, 0.5) is 0 Å². The van der Waals surface area contributed by atoms with Crippen LogP contribution in [0.25, 0.3) is 0 Å². The highest BCUT2D eigenvalue weighted by molar-refractivity contribution is 5.04. The molecule has 2 heteroatoms. The second-order valence-corrected chi connectivity index (χ2v) is 4.25. The fourth-order valence-electron chi connectivity index (χ4n) is 2.02. The lowest BCUT2D eigenvalue weighted by Gasteiger charge is -2.41. The molecule has 0 aromatic carbocycles. The Hall–Kier alpha value is -0.760. The van der Waals surface area contributed by atoms with Gasteiger partial charge < -0.3 is 10.3 Å². The quantitative estimate of drug-likeness (QED) is 0.729. The molecule has 0 aliphatic heterocycles. The molecule has 72 valence electrons. The summed E-state index contributed by atoms with van der Waals surface area (Å²) in [4.78, 5) is 3.20. The fraction of sp³-hybridized carbons (Fsp3) is 0.636. The van der Waals surface area contributed by atoms with E-state index in [0.29, 0.717) is 0 Å². The molecule has 0 amide bonds. The van der Waals surface area contributed by atoms with Crippen molar-refractivity contribution in [1.82, 2.24) is 10.3 Å². The molecule has 2 rings (SSSR count). The SMILES string of the molecule is CC1CC(NCc2ccc[nH]2)C1C. The second kappa shape index (κ2) is 3.54. The van der Waals surface area contributed by atoms with Gasteiger partial charge in [0.2, 0.25) is 0 Å². The summed E-state index contributed by atoms with van der Waals surface area (Å²) in [6.45, 7) is 5.65. The van der Waals surface area contributed by atoms with Crippen molar-refractivity contribution in [3.05, 3.63) is 24.0 Å². The lowest BCUT2D eigenvalue weighted by molar-refractivity contribution is 0.136. The highest BCUT2D eigenvalue weighted by atomic mass is 15.0. The van der Waals surface area contributed by atoms with Crippen LogP contribution in [0.15, 0.2) is 18.3 Å². The molecular weight excluding hydrogens is 160 g/mol. The molecular formula is C11H18N2. The van der Waals surface area contributed by atoms with E-state index in [4.69, 9.17) is 0 Å². The summed E-state index contributed by atoms with van der Waals surface area (Å²) in [6.07, 6.45) is 3.31. The number of H-pyrrole nitrogens is 1. The van der Waals surface area contributed by atoms with Gasteiger partial charge in [-0.05, 0) is 30.4 Å². The lowest BCUT2D eigenvalue weighted by atomic mass is 9.71. The Morgan fingerprint density at radius 2 is 2.38 bits per heavy atom. The van der Waals surface area contributed by atoms with Gasteiger partial charge in [0.1, 0.15) is 0 Å². The Kier molecular flexibility index (Phi) is 2.40. The normalized spacial score (nSPS) is 32.9. The third-order valence-corrected chi connectivity index (χ3v) is 3.38. The average molecular weight is 178 g/mol. The molecule has 0 bridgehead atoms. The minimum Gasteiger partial charge on any atom is -0.364 e. The number of rotatable bonds is 3. The van der Waals surface area contributed by atoms with E-state index in [0.717, 1.165) is 24.4 Å². The van der Waals surface area contributed by atoms with Crippen molar-refractivity contribution >= 4 is 0 Å². The van der Waals surface area contributed by atoms with Crippen LogP contribution in [-0.2, 0) is 6.54 Å². The molecule has 0 saturated heterocycles. The van der Waals surface area contributed by atoms with Gasteiger partial charge in [-0.25, -0.2) is 0 Å². The molecule has 0 radical (unpaired) electrons. The molecule has 1 fully saturated rings. The molecule has 3 atom stereocenters. The van der Waals surface area contributed by atoms with E-state index in [1.165, 1.54) is 12.1 Å². The van der Waals surface area contributed by atoms with Gasteiger partial charge in [0.25, 0.3) is 0 Å². The van der Waals surface area contributed by atoms with Crippen molar-refractivity contribution < 1.29 is 0 Å². The summed E-state index contributed by atoms with van der Waals surface area (Å²) in [6, 6.07) is 4.90. The average Bonchev–Trinajstić information content (AvgIpc) is 2.64. The van der Waals surface area contributed by atoms with Gasteiger partial charge in [0, 0.05) is 24.5 Å². The molecule has 13 heavy (non-hydrogen) atoms. The summed E-state index contributed by atoms with van der Waals surface area (Å²) < 4.78 is 0. The molecule has 2 nitrogen and oxygen atoms in total. The highest BCUT2D eigenvalue weighted by Gasteiger charge is 2.33. The molecule has 3 unspecified atom stereocenters. The Bertz CT molecular complexity index is 253. The van der Waals surface area contributed by atoms with E-state index < -0.39 is 0 Å². The van der Waals surface area contributed by atoms with Gasteiger partial charge in [-0.2, -0.15) is 0 Å². The van der Waals surface area contributed by atoms with Crippen LogP contribution in [0.3, 0.4) is 0 Å². The predicted octanol–water partition coefficient (Wildman–Crippen LogP) is 2.15. The van der Waals surface area contributed by atoms with Crippen LogP contribution in [0.2, 0.25) is 0 Å². The third kappa shape index (κ3) is 1.78. The summed E-state index contributed by atoms with van der Waals surface area (Å²) in [5.74, 6) is 1.75. The van der Waals surface area contributed by atoms with E-state index in [1.54, 1.807) is 0 Å². The number of nitrogens with one attached hydrogen (secondary N) is 2. The van der Waals surface area contributed by atoms with Crippen molar-refractivity contribution in [2.45, 2.75) is 32.9 Å². The van der Waals surface area contributed by atoms with Crippen molar-refractivity contribution in [3.63, 3.8) is 0 Å². The van der Waals surface area contributed by atoms with Gasteiger partial charge in [0.05, 0.1) is 0 Å². The van der Waals surface area contributed by atoms with E-state index >= 15 is 0 Å². The Labute approximate surface area is 79.7 Å². The van der Waals surface area contributed by atoms with E-state index in [1.807, 2.05) is 12.3 Å². The monoisotopic (exact) mass is 178 g/mol. The first kappa shape index (κ1) is 8.82. The molecule has 0 spiro atoms. The fourth-order valence-corrected chi connectivity index (χ4v) is 2.02.